The van der Waals surface area contributed by atoms with Gasteiger partial charge in [0.1, 0.15) is 18.7 Å². The van der Waals surface area contributed by atoms with Crippen LogP contribution in [-0.2, 0) is 25.7 Å². The monoisotopic (exact) mass is 809 g/mol. The summed E-state index contributed by atoms with van der Waals surface area (Å²) in [5.74, 6) is 2.56. The van der Waals surface area contributed by atoms with Gasteiger partial charge in [-0.05, 0) is 159 Å². The van der Waals surface area contributed by atoms with Crippen LogP contribution in [0.4, 0.5) is 0 Å². The number of fused-ring (bicyclic) bond motifs is 7. The number of halogens is 1. The molecule has 9 atom stereocenters. The lowest BCUT2D eigenvalue weighted by Crippen LogP contribution is -2.67. The molecule has 8 heteroatoms. The maximum atomic E-state index is 12.9. The molecule has 0 bridgehead atoms. The van der Waals surface area contributed by atoms with Gasteiger partial charge in [-0.3, -0.25) is 9.59 Å². The molecule has 0 heterocycles. The Morgan fingerprint density at radius 1 is 0.965 bits per heavy atom. The van der Waals surface area contributed by atoms with Crippen molar-refractivity contribution in [1.29, 1.82) is 0 Å². The van der Waals surface area contributed by atoms with Gasteiger partial charge < -0.3 is 25.3 Å². The first kappa shape index (κ1) is 47.2. The second kappa shape index (κ2) is 19.3. The van der Waals surface area contributed by atoms with E-state index in [1.54, 1.807) is 17.2 Å². The van der Waals surface area contributed by atoms with Crippen LogP contribution in [-0.4, -0.2) is 51.0 Å². The minimum absolute atomic E-state index is 0.0547. The van der Waals surface area contributed by atoms with E-state index >= 15 is 0 Å². The van der Waals surface area contributed by atoms with Crippen molar-refractivity contribution >= 4 is 30.1 Å². The summed E-state index contributed by atoms with van der Waals surface area (Å²) >= 11 is 5.69. The molecule has 320 valence electrons. The standard InChI is InChI=1S/C40H63NO4.C8H10ClN.CH4O/c1-10-40-21-12-30-32(14-20-39(23-28(41-9)16-22-42)19-11-29(26(2)3)35(30)39)38(40,8)17-13-31-27(4)33(15-18-37(31,40)7)45-34(44)24-36(5,6)25-43;1-10-6-7-2-4-8(9)5-3-7;1-2/h16,22,25-27,30-33,41H,10-15,17-21,23-24H2,1-9H3;2-5,10H,6H2,1H3;2H,1H3/b28-16-;;. The molecule has 0 amide bonds. The zero-order chi connectivity index (χ0) is 42.4. The fourth-order valence-electron chi connectivity index (χ4n) is 13.7. The number of aldehydes is 2. The highest BCUT2D eigenvalue weighted by Crippen LogP contribution is 2.78. The molecule has 5 aliphatic carbocycles. The second-order valence-electron chi connectivity index (χ2n) is 19.7. The third-order valence-corrected chi connectivity index (χ3v) is 16.6. The summed E-state index contributed by atoms with van der Waals surface area (Å²) in [7, 11) is 4.90. The van der Waals surface area contributed by atoms with Crippen LogP contribution in [0.3, 0.4) is 0 Å². The van der Waals surface area contributed by atoms with E-state index in [4.69, 9.17) is 21.4 Å². The first-order chi connectivity index (χ1) is 27.0. The first-order valence-electron chi connectivity index (χ1n) is 22.1. The number of ether oxygens (including phenoxy) is 1. The van der Waals surface area contributed by atoms with Gasteiger partial charge in [0.25, 0.3) is 0 Å². The molecule has 57 heavy (non-hydrogen) atoms. The lowest BCUT2D eigenvalue weighted by atomic mass is 9.31. The Hall–Kier alpha value is -2.48. The van der Waals surface area contributed by atoms with Gasteiger partial charge in [0.2, 0.25) is 0 Å². The van der Waals surface area contributed by atoms with E-state index < -0.39 is 5.41 Å². The predicted octanol–water partition coefficient (Wildman–Crippen LogP) is 10.7. The highest BCUT2D eigenvalue weighted by Gasteiger charge is 2.70. The van der Waals surface area contributed by atoms with E-state index in [1.165, 1.54) is 63.4 Å². The Morgan fingerprint density at radius 2 is 1.60 bits per heavy atom. The molecule has 6 rings (SSSR count). The zero-order valence-electron chi connectivity index (χ0n) is 37.4. The number of benzene rings is 1. The summed E-state index contributed by atoms with van der Waals surface area (Å²) in [6.07, 6.45) is 17.9. The van der Waals surface area contributed by atoms with Crippen molar-refractivity contribution in [1.82, 2.24) is 10.6 Å². The van der Waals surface area contributed by atoms with E-state index in [1.807, 2.05) is 52.2 Å². The summed E-state index contributed by atoms with van der Waals surface area (Å²) < 4.78 is 6.16. The van der Waals surface area contributed by atoms with Crippen LogP contribution in [0.15, 0.2) is 47.2 Å². The molecular weight excluding hydrogens is 732 g/mol. The van der Waals surface area contributed by atoms with Crippen molar-refractivity contribution < 1.29 is 24.2 Å². The van der Waals surface area contributed by atoms with Gasteiger partial charge >= 0.3 is 5.97 Å². The van der Waals surface area contributed by atoms with E-state index in [0.717, 1.165) is 56.2 Å². The number of carbonyl (C=O) groups is 3. The van der Waals surface area contributed by atoms with E-state index in [9.17, 15) is 14.4 Å². The Balaban J connectivity index is 0.000000518. The van der Waals surface area contributed by atoms with Crippen LogP contribution in [0, 0.1) is 56.7 Å². The molecule has 4 saturated carbocycles. The number of aliphatic hydroxyl groups excluding tert-OH is 1. The van der Waals surface area contributed by atoms with Crippen LogP contribution in [0.1, 0.15) is 144 Å². The fourth-order valence-corrected chi connectivity index (χ4v) is 13.8. The molecule has 0 spiro atoms. The highest BCUT2D eigenvalue weighted by molar-refractivity contribution is 6.30. The second-order valence-corrected chi connectivity index (χ2v) is 20.1. The van der Waals surface area contributed by atoms with Crippen LogP contribution in [0.5, 0.6) is 0 Å². The SMILES string of the molecule is CCC12CCC3C4=C(C(C)C)CCC4(C/C(=C/C=O)NC)CCC3C1(C)CCC1C(C)C(OC(=O)CC(C)(C)C=O)CCC12C.CNCc1ccc(Cl)cc1.CO. The molecule has 0 aromatic heterocycles. The average molecular weight is 810 g/mol. The number of aliphatic hydroxyl groups is 1. The number of carbonyl (C=O) groups excluding carboxylic acids is 3. The molecule has 1 aromatic carbocycles. The van der Waals surface area contributed by atoms with Crippen LogP contribution < -0.4 is 10.6 Å². The maximum Gasteiger partial charge on any atom is 0.307 e. The van der Waals surface area contributed by atoms with Crippen LogP contribution in [0.2, 0.25) is 5.02 Å². The highest BCUT2D eigenvalue weighted by atomic mass is 35.5. The number of hydrogen-bond donors (Lipinski definition) is 3. The lowest BCUT2D eigenvalue weighted by Gasteiger charge is -2.73. The Kier molecular flexibility index (Phi) is 16.0. The molecular formula is C49H77ClN2O5. The maximum absolute atomic E-state index is 12.9. The average Bonchev–Trinajstić information content (AvgIpc) is 3.58. The van der Waals surface area contributed by atoms with Gasteiger partial charge in [-0.1, -0.05) is 90.3 Å². The first-order valence-corrected chi connectivity index (χ1v) is 22.4. The fraction of sp³-hybridized carbons (Fsp3) is 0.735. The summed E-state index contributed by atoms with van der Waals surface area (Å²) in [5, 5.41) is 14.2. The van der Waals surface area contributed by atoms with Gasteiger partial charge in [0.05, 0.1) is 6.42 Å². The predicted molar refractivity (Wildman–Crippen MR) is 234 cm³/mol. The Labute approximate surface area is 351 Å². The van der Waals surface area contributed by atoms with Gasteiger partial charge in [0.15, 0.2) is 0 Å². The van der Waals surface area contributed by atoms with Gasteiger partial charge in [0, 0.05) is 36.8 Å². The summed E-state index contributed by atoms with van der Waals surface area (Å²) in [5.41, 5.74) is 6.17. The van der Waals surface area contributed by atoms with Crippen molar-refractivity contribution in [2.24, 2.45) is 56.7 Å². The zero-order valence-corrected chi connectivity index (χ0v) is 38.1. The van der Waals surface area contributed by atoms with E-state index in [2.05, 4.69) is 52.2 Å². The summed E-state index contributed by atoms with van der Waals surface area (Å²) in [4.78, 5) is 35.9. The van der Waals surface area contributed by atoms with Crippen molar-refractivity contribution in [2.45, 2.75) is 152 Å². The van der Waals surface area contributed by atoms with Crippen LogP contribution >= 0.6 is 11.6 Å². The number of esters is 1. The Morgan fingerprint density at radius 3 is 2.18 bits per heavy atom. The third kappa shape index (κ3) is 9.02. The Bertz CT molecular complexity index is 1600. The van der Waals surface area contributed by atoms with Gasteiger partial charge in [-0.25, -0.2) is 0 Å². The normalized spacial score (nSPS) is 34.6. The molecule has 4 fully saturated rings. The number of rotatable bonds is 12. The van der Waals surface area contributed by atoms with Crippen LogP contribution in [0.25, 0.3) is 0 Å². The molecule has 0 aliphatic heterocycles. The summed E-state index contributed by atoms with van der Waals surface area (Å²) in [6, 6.07) is 7.82. The quantitative estimate of drug-likeness (QED) is 0.0836. The van der Waals surface area contributed by atoms with Crippen molar-refractivity contribution in [2.75, 3.05) is 21.2 Å². The van der Waals surface area contributed by atoms with Gasteiger partial charge in [-0.2, -0.15) is 0 Å². The molecule has 0 radical (unpaired) electrons. The van der Waals surface area contributed by atoms with E-state index in [-0.39, 0.29) is 40.2 Å². The minimum Gasteiger partial charge on any atom is -0.462 e. The topological polar surface area (TPSA) is 105 Å². The molecule has 9 unspecified atom stereocenters. The number of hydrogen-bond acceptors (Lipinski definition) is 7. The lowest BCUT2D eigenvalue weighted by molar-refractivity contribution is -0.246. The van der Waals surface area contributed by atoms with E-state index in [0.29, 0.717) is 29.6 Å². The van der Waals surface area contributed by atoms with Crippen molar-refractivity contribution in [3.05, 3.63) is 57.8 Å². The molecule has 0 saturated heterocycles. The third-order valence-electron chi connectivity index (χ3n) is 16.3. The van der Waals surface area contributed by atoms with Crippen molar-refractivity contribution in [3.63, 3.8) is 0 Å². The molecule has 3 N–H and O–H groups in total. The summed E-state index contributed by atoms with van der Waals surface area (Å²) in [6.45, 7) is 19.5. The number of nitrogens with one attached hydrogen (secondary N) is 2. The largest absolute Gasteiger partial charge is 0.462 e. The molecule has 5 aliphatic rings. The number of allylic oxidation sites excluding steroid dienone is 4. The minimum atomic E-state index is -0.678. The molecule has 7 nitrogen and oxygen atoms in total. The molecule has 1 aromatic rings. The van der Waals surface area contributed by atoms with Crippen molar-refractivity contribution in [3.8, 4) is 0 Å². The smallest absolute Gasteiger partial charge is 0.307 e. The van der Waals surface area contributed by atoms with Gasteiger partial charge in [-0.15, -0.1) is 0 Å².